The summed E-state index contributed by atoms with van der Waals surface area (Å²) in [5, 5.41) is 14.9. The first-order chi connectivity index (χ1) is 37.7. The molecule has 0 aliphatic carbocycles. The largest absolute Gasteiger partial charge is 0.461 e. The molecule has 4 atom stereocenters. The highest BCUT2D eigenvalue weighted by atomic mass is 19.1. The summed E-state index contributed by atoms with van der Waals surface area (Å²) in [6.07, 6.45) is 16.1. The van der Waals surface area contributed by atoms with E-state index in [9.17, 15) is 24.3 Å². The summed E-state index contributed by atoms with van der Waals surface area (Å²) >= 11 is 0. The zero-order chi connectivity index (χ0) is 54.0. The Morgan fingerprint density at radius 1 is 0.923 bits per heavy atom. The average molecular weight is 1070 g/mol. The maximum absolute atomic E-state index is 17.2. The summed E-state index contributed by atoms with van der Waals surface area (Å²) in [7, 11) is 1.73. The van der Waals surface area contributed by atoms with E-state index >= 15 is 8.78 Å². The molecule has 0 saturated carbocycles. The van der Waals surface area contributed by atoms with Gasteiger partial charge >= 0.3 is 17.8 Å². The van der Waals surface area contributed by atoms with Gasteiger partial charge in [-0.25, -0.2) is 18.4 Å². The van der Waals surface area contributed by atoms with Crippen LogP contribution in [0.3, 0.4) is 0 Å². The van der Waals surface area contributed by atoms with Crippen LogP contribution in [0.2, 0.25) is 0 Å². The third-order valence-corrected chi connectivity index (χ3v) is 18.0. The lowest BCUT2D eigenvalue weighted by atomic mass is 9.88. The van der Waals surface area contributed by atoms with Crippen molar-refractivity contribution in [1.29, 1.82) is 0 Å². The molecule has 2 N–H and O–H groups in total. The van der Waals surface area contributed by atoms with E-state index in [0.29, 0.717) is 83.8 Å². The smallest absolute Gasteiger partial charge is 0.409 e. The number of nitrogens with zero attached hydrogens (tertiary/aromatic N) is 9. The first kappa shape index (κ1) is 51.7. The Bertz CT molecular complexity index is 3470. The molecule has 0 radical (unpaired) electrons. The van der Waals surface area contributed by atoms with Crippen molar-refractivity contribution in [1.82, 2.24) is 44.1 Å². The number of hydrogen-bond acceptors (Lipinski definition) is 13. The van der Waals surface area contributed by atoms with Gasteiger partial charge in [0, 0.05) is 69.4 Å². The number of pyridine rings is 1. The maximum atomic E-state index is 17.2. The summed E-state index contributed by atoms with van der Waals surface area (Å²) in [6, 6.07) is 13.6. The van der Waals surface area contributed by atoms with Crippen LogP contribution in [0.25, 0.3) is 44.0 Å². The minimum Gasteiger partial charge on any atom is -0.461 e. The minimum atomic E-state index is -0.992. The number of fused-ring (bicyclic) bond motifs is 4. The third-order valence-electron chi connectivity index (χ3n) is 18.0. The standard InChI is InChI=1S/C59H66F2N10O7/c1-4-41-44(60)12-10-38-8-5-9-42(49(38)41)51-50(61)52-43(31-62-51)53(69-24-6-21-58(2,76)34-69)65-55(64-52)78-35-59-22-7-25-70(59)40(16-23-59)33-77-57(75)68-28-17-36(18-29-68)32-67-26-19-37(20-27-67)39-11-13-45-47(30-39)66(3)56(74)71(45)46-14-15-48(72)63-54(46)73/h1,5,8-13,30-31,36-37,40,46,76H,6-7,14-29,32-35H2,2-3H3,(H,63,72,73)/t40-,46?,58-,59+/m1/s1. The molecule has 3 amide bonds. The number of aryl methyl sites for hydroxylation is 1. The molecule has 19 heteroatoms. The molecule has 1 unspecified atom stereocenters. The number of rotatable bonds is 11. The van der Waals surface area contributed by atoms with Crippen molar-refractivity contribution in [3.63, 3.8) is 0 Å². The van der Waals surface area contributed by atoms with E-state index in [2.05, 4.69) is 38.2 Å². The average Bonchev–Trinajstić information content (AvgIpc) is 4.27. The van der Waals surface area contributed by atoms with Gasteiger partial charge in [-0.2, -0.15) is 9.97 Å². The van der Waals surface area contributed by atoms with Crippen LogP contribution in [0.15, 0.2) is 59.5 Å². The first-order valence-corrected chi connectivity index (χ1v) is 27.8. The molecule has 17 nitrogen and oxygen atoms in total. The molecule has 0 spiro atoms. The Hall–Kier alpha value is -7.01. The molecule has 6 aliphatic rings. The topological polar surface area (TPSA) is 180 Å². The molecule has 6 aliphatic heterocycles. The second kappa shape index (κ2) is 20.7. The number of carbonyl (C=O) groups is 3. The Labute approximate surface area is 450 Å². The van der Waals surface area contributed by atoms with Crippen molar-refractivity contribution in [3.8, 4) is 29.6 Å². The number of hydrogen-bond donors (Lipinski definition) is 2. The second-order valence-electron chi connectivity index (χ2n) is 23.0. The van der Waals surface area contributed by atoms with Gasteiger partial charge in [0.1, 0.15) is 42.1 Å². The van der Waals surface area contributed by atoms with Crippen molar-refractivity contribution in [3.05, 3.63) is 88.0 Å². The van der Waals surface area contributed by atoms with Gasteiger partial charge in [0.15, 0.2) is 5.82 Å². The van der Waals surface area contributed by atoms with Gasteiger partial charge in [-0.1, -0.05) is 36.3 Å². The monoisotopic (exact) mass is 1060 g/mol. The van der Waals surface area contributed by atoms with Crippen LogP contribution in [0.4, 0.5) is 19.4 Å². The molecule has 6 saturated heterocycles. The van der Waals surface area contributed by atoms with Crippen LogP contribution >= 0.6 is 0 Å². The van der Waals surface area contributed by atoms with Crippen molar-refractivity contribution >= 4 is 56.4 Å². The van der Waals surface area contributed by atoms with Gasteiger partial charge in [0.05, 0.1) is 33.1 Å². The molecule has 3 aromatic carbocycles. The Kier molecular flexibility index (Phi) is 13.7. The van der Waals surface area contributed by atoms with Crippen LogP contribution in [-0.2, 0) is 21.4 Å². The summed E-state index contributed by atoms with van der Waals surface area (Å²) < 4.78 is 48.0. The van der Waals surface area contributed by atoms with Gasteiger partial charge in [-0.3, -0.25) is 33.9 Å². The number of likely N-dealkylation sites (tertiary alicyclic amines) is 2. The maximum Gasteiger partial charge on any atom is 0.409 e. The fraction of sp³-hybridized carbons (Fsp3) is 0.508. The highest BCUT2D eigenvalue weighted by molar-refractivity contribution is 6.02. The second-order valence-corrected chi connectivity index (χ2v) is 23.0. The summed E-state index contributed by atoms with van der Waals surface area (Å²) in [5.74, 6) is 1.63. The number of β-amino-alcohol motifs (C(OH)–C–C–N with tert-alkyl or cyclic N) is 1. The van der Waals surface area contributed by atoms with Gasteiger partial charge in [0.2, 0.25) is 11.8 Å². The zero-order valence-electron chi connectivity index (χ0n) is 44.3. The summed E-state index contributed by atoms with van der Waals surface area (Å²) in [6.45, 7) is 8.20. The molecule has 6 fully saturated rings. The van der Waals surface area contributed by atoms with E-state index in [-0.39, 0.29) is 78.2 Å². The molecule has 0 bridgehead atoms. The van der Waals surface area contributed by atoms with Crippen LogP contribution in [0.1, 0.15) is 107 Å². The van der Waals surface area contributed by atoms with Gasteiger partial charge < -0.3 is 29.3 Å². The summed E-state index contributed by atoms with van der Waals surface area (Å²) in [4.78, 5) is 74.3. The SMILES string of the molecule is C#Cc1c(F)ccc2cccc(-c3ncc4c(N5CCC[C@@](C)(O)C5)nc(OC[C@@]56CCCN5[C@@H](COC(=O)N5CCC(CN7CCC(c8ccc9c(c8)n(C)c(=O)n9C8CCC(=O)NC8=O)CC7)CC5)CC6)nc4c3F)c12. The minimum absolute atomic E-state index is 0.00153. The van der Waals surface area contributed by atoms with Crippen molar-refractivity contribution in [2.45, 2.75) is 113 Å². The van der Waals surface area contributed by atoms with Gasteiger partial charge in [-0.05, 0) is 138 Å². The number of terminal acetylenes is 1. The number of aromatic nitrogens is 5. The van der Waals surface area contributed by atoms with Crippen LogP contribution in [-0.4, -0.2) is 145 Å². The number of imide groups is 1. The number of piperidine rings is 4. The number of ether oxygens (including phenoxy) is 2. The van der Waals surface area contributed by atoms with Gasteiger partial charge in [0.25, 0.3) is 0 Å². The van der Waals surface area contributed by atoms with E-state index < -0.39 is 29.2 Å². The Morgan fingerprint density at radius 3 is 2.51 bits per heavy atom. The highest BCUT2D eigenvalue weighted by Crippen LogP contribution is 2.44. The predicted octanol–water partition coefficient (Wildman–Crippen LogP) is 7.19. The molecule has 3 aromatic heterocycles. The molecule has 78 heavy (non-hydrogen) atoms. The normalized spacial score (nSPS) is 24.8. The van der Waals surface area contributed by atoms with Crippen molar-refractivity contribution < 1.29 is 37.7 Å². The number of anilines is 1. The molecule has 6 aromatic rings. The number of amides is 3. The van der Waals surface area contributed by atoms with Crippen molar-refractivity contribution in [2.75, 3.05) is 70.5 Å². The molecule has 9 heterocycles. The van der Waals surface area contributed by atoms with Gasteiger partial charge in [-0.15, -0.1) is 6.42 Å². The van der Waals surface area contributed by atoms with E-state index in [1.54, 1.807) is 42.8 Å². The lowest BCUT2D eigenvalue weighted by Crippen LogP contribution is -2.49. The van der Waals surface area contributed by atoms with E-state index in [0.717, 1.165) is 83.1 Å². The van der Waals surface area contributed by atoms with Crippen LogP contribution in [0.5, 0.6) is 6.01 Å². The molecular formula is C59H66F2N10O7. The van der Waals surface area contributed by atoms with Crippen LogP contribution < -0.4 is 20.6 Å². The van der Waals surface area contributed by atoms with E-state index in [4.69, 9.17) is 25.9 Å². The van der Waals surface area contributed by atoms with Crippen LogP contribution in [0, 0.1) is 29.9 Å². The zero-order valence-corrected chi connectivity index (χ0v) is 44.3. The quantitative estimate of drug-likeness (QED) is 0.0985. The number of nitrogens with one attached hydrogen (secondary N) is 1. The molecule has 12 rings (SSSR count). The number of benzene rings is 3. The van der Waals surface area contributed by atoms with E-state index in [1.165, 1.54) is 22.4 Å². The number of aliphatic hydroxyl groups is 1. The third kappa shape index (κ3) is 9.52. The fourth-order valence-corrected chi connectivity index (χ4v) is 13.8. The van der Waals surface area contributed by atoms with E-state index in [1.807, 2.05) is 15.9 Å². The molecule has 408 valence electrons. The summed E-state index contributed by atoms with van der Waals surface area (Å²) in [5.41, 5.74) is 1.39. The highest BCUT2D eigenvalue weighted by Gasteiger charge is 2.50. The fourth-order valence-electron chi connectivity index (χ4n) is 13.8. The number of imidazole rings is 1. The number of carbonyl (C=O) groups excluding carboxylic acids is 3. The Morgan fingerprint density at radius 2 is 1.73 bits per heavy atom. The lowest BCUT2D eigenvalue weighted by Gasteiger charge is -2.38. The van der Waals surface area contributed by atoms with Crippen molar-refractivity contribution in [2.24, 2.45) is 13.0 Å². The molecular weight excluding hydrogens is 999 g/mol. The Balaban J connectivity index is 0.659. The predicted molar refractivity (Wildman–Crippen MR) is 290 cm³/mol. The number of halogens is 2. The lowest BCUT2D eigenvalue weighted by molar-refractivity contribution is -0.135. The first-order valence-electron chi connectivity index (χ1n) is 27.8.